The predicted octanol–water partition coefficient (Wildman–Crippen LogP) is 3.86. The molecule has 102 valence electrons. The average Bonchev–Trinajstić information content (AvgIpc) is 2.74. The molecule has 0 atom stereocenters. The van der Waals surface area contributed by atoms with E-state index in [4.69, 9.17) is 5.10 Å². The van der Waals surface area contributed by atoms with Gasteiger partial charge in [-0.05, 0) is 18.2 Å². The monoisotopic (exact) mass is 257 g/mol. The molecule has 0 amide bonds. The van der Waals surface area contributed by atoms with Crippen LogP contribution in [-0.4, -0.2) is 14.8 Å². The minimum atomic E-state index is 0.0357. The Balaban J connectivity index is 2.63. The lowest BCUT2D eigenvalue weighted by Gasteiger charge is -2.19. The third-order valence-electron chi connectivity index (χ3n) is 3.11. The van der Waals surface area contributed by atoms with Crippen LogP contribution in [0.3, 0.4) is 0 Å². The van der Waals surface area contributed by atoms with Gasteiger partial charge in [-0.15, -0.1) is 0 Å². The zero-order chi connectivity index (χ0) is 14.3. The van der Waals surface area contributed by atoms with Crippen molar-refractivity contribution in [2.45, 2.75) is 52.4 Å². The third-order valence-corrected chi connectivity index (χ3v) is 3.11. The van der Waals surface area contributed by atoms with Crippen molar-refractivity contribution in [2.24, 2.45) is 0 Å². The summed E-state index contributed by atoms with van der Waals surface area (Å²) in [7, 11) is 0. The van der Waals surface area contributed by atoms with Crippen molar-refractivity contribution in [3.63, 3.8) is 0 Å². The largest absolute Gasteiger partial charge is 0.237 e. The van der Waals surface area contributed by atoms with Crippen molar-refractivity contribution in [3.05, 3.63) is 41.9 Å². The van der Waals surface area contributed by atoms with Gasteiger partial charge in [-0.2, -0.15) is 5.10 Å². The van der Waals surface area contributed by atoms with E-state index < -0.39 is 0 Å². The van der Waals surface area contributed by atoms with Crippen LogP contribution in [0.15, 0.2) is 30.5 Å². The van der Waals surface area contributed by atoms with Crippen molar-refractivity contribution in [1.82, 2.24) is 14.8 Å². The van der Waals surface area contributed by atoms with Crippen molar-refractivity contribution in [2.75, 3.05) is 0 Å². The summed E-state index contributed by atoms with van der Waals surface area (Å²) in [6.07, 6.45) is 1.81. The zero-order valence-corrected chi connectivity index (χ0v) is 12.7. The van der Waals surface area contributed by atoms with Crippen LogP contribution in [0.4, 0.5) is 0 Å². The maximum absolute atomic E-state index is 4.77. The van der Waals surface area contributed by atoms with Crippen LogP contribution in [0.1, 0.15) is 52.9 Å². The van der Waals surface area contributed by atoms with Crippen LogP contribution in [0.5, 0.6) is 0 Å². The number of nitrogens with zero attached hydrogens (tertiary/aromatic N) is 3. The Kier molecular flexibility index (Phi) is 3.25. The molecule has 0 N–H and O–H groups in total. The third kappa shape index (κ3) is 2.86. The number of pyridine rings is 1. The number of hydrogen-bond donors (Lipinski definition) is 0. The first-order valence-electron chi connectivity index (χ1n) is 6.72. The molecule has 0 aliphatic heterocycles. The van der Waals surface area contributed by atoms with Gasteiger partial charge in [0, 0.05) is 17.0 Å². The van der Waals surface area contributed by atoms with Gasteiger partial charge in [0.25, 0.3) is 0 Å². The molecule has 0 saturated carbocycles. The highest BCUT2D eigenvalue weighted by Crippen LogP contribution is 2.29. The Labute approximate surface area is 115 Å². The van der Waals surface area contributed by atoms with E-state index in [1.54, 1.807) is 6.20 Å². The van der Waals surface area contributed by atoms with Crippen molar-refractivity contribution >= 4 is 0 Å². The summed E-state index contributed by atoms with van der Waals surface area (Å²) in [5, 5.41) is 4.77. The van der Waals surface area contributed by atoms with Crippen molar-refractivity contribution in [1.29, 1.82) is 0 Å². The molecule has 0 aliphatic rings. The lowest BCUT2D eigenvalue weighted by atomic mass is 9.88. The lowest BCUT2D eigenvalue weighted by Crippen LogP contribution is -2.18. The quantitative estimate of drug-likeness (QED) is 0.776. The fourth-order valence-electron chi connectivity index (χ4n) is 1.94. The molecule has 0 bridgehead atoms. The van der Waals surface area contributed by atoms with Gasteiger partial charge in [0.15, 0.2) is 5.82 Å². The SMILES string of the molecule is CC(C)(C)c1cc(C(C)(C)C)n(-c2ccccn2)n1. The molecule has 0 saturated heterocycles. The molecule has 2 aromatic rings. The second-order valence-corrected chi connectivity index (χ2v) is 7.01. The summed E-state index contributed by atoms with van der Waals surface area (Å²) >= 11 is 0. The maximum Gasteiger partial charge on any atom is 0.153 e. The van der Waals surface area contributed by atoms with E-state index in [0.717, 1.165) is 11.5 Å². The highest BCUT2D eigenvalue weighted by atomic mass is 15.3. The summed E-state index contributed by atoms with van der Waals surface area (Å²) in [6, 6.07) is 8.12. The molecular weight excluding hydrogens is 234 g/mol. The molecule has 19 heavy (non-hydrogen) atoms. The minimum Gasteiger partial charge on any atom is -0.237 e. The molecule has 2 aromatic heterocycles. The molecule has 0 aromatic carbocycles. The topological polar surface area (TPSA) is 30.7 Å². The molecule has 0 fully saturated rings. The molecule has 0 spiro atoms. The van der Waals surface area contributed by atoms with E-state index in [0.29, 0.717) is 0 Å². The van der Waals surface area contributed by atoms with Gasteiger partial charge >= 0.3 is 0 Å². The Bertz CT molecular complexity index is 554. The molecule has 3 heteroatoms. The second kappa shape index (κ2) is 4.48. The van der Waals surface area contributed by atoms with E-state index in [1.807, 2.05) is 22.9 Å². The van der Waals surface area contributed by atoms with E-state index in [2.05, 4.69) is 52.6 Å². The molecule has 2 rings (SSSR count). The van der Waals surface area contributed by atoms with E-state index >= 15 is 0 Å². The fraction of sp³-hybridized carbons (Fsp3) is 0.500. The highest BCUT2D eigenvalue weighted by Gasteiger charge is 2.26. The van der Waals surface area contributed by atoms with Gasteiger partial charge in [0.1, 0.15) is 0 Å². The predicted molar refractivity (Wildman–Crippen MR) is 78.8 cm³/mol. The van der Waals surface area contributed by atoms with E-state index in [9.17, 15) is 0 Å². The average molecular weight is 257 g/mol. The van der Waals surface area contributed by atoms with Crippen molar-refractivity contribution in [3.8, 4) is 5.82 Å². The van der Waals surface area contributed by atoms with Gasteiger partial charge < -0.3 is 0 Å². The van der Waals surface area contributed by atoms with E-state index in [-0.39, 0.29) is 10.8 Å². The Hall–Kier alpha value is -1.64. The first-order valence-corrected chi connectivity index (χ1v) is 6.72. The minimum absolute atomic E-state index is 0.0357. The van der Waals surface area contributed by atoms with Crippen LogP contribution in [0, 0.1) is 0 Å². The van der Waals surface area contributed by atoms with Crippen LogP contribution in [-0.2, 0) is 10.8 Å². The van der Waals surface area contributed by atoms with Gasteiger partial charge in [0.05, 0.1) is 11.4 Å². The molecule has 0 radical (unpaired) electrons. The lowest BCUT2D eigenvalue weighted by molar-refractivity contribution is 0.534. The first-order chi connectivity index (χ1) is 8.69. The Morgan fingerprint density at radius 1 is 0.947 bits per heavy atom. The van der Waals surface area contributed by atoms with Gasteiger partial charge in [0.2, 0.25) is 0 Å². The summed E-state index contributed by atoms with van der Waals surface area (Å²) < 4.78 is 1.97. The van der Waals surface area contributed by atoms with Crippen molar-refractivity contribution < 1.29 is 0 Å². The summed E-state index contributed by atoms with van der Waals surface area (Å²) in [4.78, 5) is 4.42. The van der Waals surface area contributed by atoms with Gasteiger partial charge in [-0.25, -0.2) is 9.67 Å². The first kappa shape index (κ1) is 13.8. The van der Waals surface area contributed by atoms with Gasteiger partial charge in [-0.1, -0.05) is 47.6 Å². The van der Waals surface area contributed by atoms with Crippen LogP contribution in [0.25, 0.3) is 5.82 Å². The highest BCUT2D eigenvalue weighted by molar-refractivity contribution is 5.31. The number of rotatable bonds is 1. The van der Waals surface area contributed by atoms with Crippen LogP contribution >= 0.6 is 0 Å². The smallest absolute Gasteiger partial charge is 0.153 e. The van der Waals surface area contributed by atoms with Crippen LogP contribution in [0.2, 0.25) is 0 Å². The molecule has 0 unspecified atom stereocenters. The zero-order valence-electron chi connectivity index (χ0n) is 12.7. The van der Waals surface area contributed by atoms with Gasteiger partial charge in [-0.3, -0.25) is 0 Å². The molecular formula is C16H23N3. The second-order valence-electron chi connectivity index (χ2n) is 7.01. The maximum atomic E-state index is 4.77. The number of aromatic nitrogens is 3. The van der Waals surface area contributed by atoms with E-state index in [1.165, 1.54) is 5.69 Å². The standard InChI is InChI=1S/C16H23N3/c1-15(2,3)12-11-13(16(4,5)6)19(18-12)14-9-7-8-10-17-14/h7-11H,1-6H3. The summed E-state index contributed by atoms with van der Waals surface area (Å²) in [5.74, 6) is 0.878. The normalized spacial score (nSPS) is 12.7. The summed E-state index contributed by atoms with van der Waals surface area (Å²) in [5.41, 5.74) is 2.37. The molecule has 2 heterocycles. The van der Waals surface area contributed by atoms with Crippen LogP contribution < -0.4 is 0 Å². The molecule has 3 nitrogen and oxygen atoms in total. The molecule has 0 aliphatic carbocycles. The fourth-order valence-corrected chi connectivity index (χ4v) is 1.94. The number of hydrogen-bond acceptors (Lipinski definition) is 2. The Morgan fingerprint density at radius 3 is 2.11 bits per heavy atom. The summed E-state index contributed by atoms with van der Waals surface area (Å²) in [6.45, 7) is 13.2. The Morgan fingerprint density at radius 2 is 1.63 bits per heavy atom.